The van der Waals surface area contributed by atoms with Crippen molar-refractivity contribution in [2.24, 2.45) is 0 Å². The summed E-state index contributed by atoms with van der Waals surface area (Å²) in [6, 6.07) is 6.35. The van der Waals surface area contributed by atoms with Crippen LogP contribution in [-0.4, -0.2) is 8.42 Å². The maximum atomic E-state index is 13.9. The van der Waals surface area contributed by atoms with Gasteiger partial charge in [-0.2, -0.15) is 0 Å². The molecule has 0 amide bonds. The molecule has 8 heteroatoms. The van der Waals surface area contributed by atoms with Crippen molar-refractivity contribution >= 4 is 44.6 Å². The van der Waals surface area contributed by atoms with Gasteiger partial charge < -0.3 is 5.73 Å². The maximum absolute atomic E-state index is 13.9. The van der Waals surface area contributed by atoms with Crippen LogP contribution in [0.15, 0.2) is 35.2 Å². The highest BCUT2D eigenvalue weighted by molar-refractivity contribution is 7.92. The highest BCUT2D eigenvalue weighted by Gasteiger charge is 2.21. The van der Waals surface area contributed by atoms with Gasteiger partial charge in [0.2, 0.25) is 0 Å². The van der Waals surface area contributed by atoms with E-state index in [0.717, 1.165) is 12.1 Å². The summed E-state index contributed by atoms with van der Waals surface area (Å²) in [6.07, 6.45) is 0. The molecule has 0 unspecified atom stereocenters. The van der Waals surface area contributed by atoms with Crippen LogP contribution in [0.2, 0.25) is 10.0 Å². The molecular weight excluding hydrogens is 338 g/mol. The van der Waals surface area contributed by atoms with E-state index in [-0.39, 0.29) is 16.4 Å². The molecule has 0 spiro atoms. The Kier molecular flexibility index (Phi) is 4.32. The number of aryl methyl sites for hydroxylation is 1. The molecule has 0 bridgehead atoms. The molecule has 21 heavy (non-hydrogen) atoms. The fourth-order valence-corrected chi connectivity index (χ4v) is 3.33. The predicted octanol–water partition coefficient (Wildman–Crippen LogP) is 3.82. The van der Waals surface area contributed by atoms with Gasteiger partial charge in [-0.05, 0) is 42.8 Å². The van der Waals surface area contributed by atoms with Gasteiger partial charge in [0, 0.05) is 10.7 Å². The topological polar surface area (TPSA) is 72.2 Å². The second kappa shape index (κ2) is 5.71. The van der Waals surface area contributed by atoms with Gasteiger partial charge >= 0.3 is 0 Å². The Morgan fingerprint density at radius 3 is 2.48 bits per heavy atom. The fraction of sp³-hybridized carbons (Fsp3) is 0.0769. The summed E-state index contributed by atoms with van der Waals surface area (Å²) in [4.78, 5) is -0.545. The third-order valence-corrected chi connectivity index (χ3v) is 4.71. The SMILES string of the molecule is Cc1cc(F)c(S(=O)(=O)Nc2ccc(Cl)cc2Cl)cc1N. The second-order valence-corrected chi connectivity index (χ2v) is 6.86. The molecule has 4 nitrogen and oxygen atoms in total. The number of nitrogens with two attached hydrogens (primary N) is 1. The molecular formula is C13H11Cl2FN2O2S. The molecule has 0 aromatic heterocycles. The van der Waals surface area contributed by atoms with E-state index in [1.54, 1.807) is 6.92 Å². The first kappa shape index (κ1) is 15.9. The normalized spacial score (nSPS) is 11.4. The standard InChI is InChI=1S/C13H11Cl2FN2O2S/c1-7-4-10(16)13(6-11(7)17)21(19,20)18-12-3-2-8(14)5-9(12)15/h2-6,18H,17H2,1H3. The quantitative estimate of drug-likeness (QED) is 0.828. The first-order valence-corrected chi connectivity index (χ1v) is 7.98. The number of hydrogen-bond donors (Lipinski definition) is 2. The van der Waals surface area contributed by atoms with Crippen molar-refractivity contribution in [1.82, 2.24) is 0 Å². The third kappa shape index (κ3) is 3.40. The monoisotopic (exact) mass is 348 g/mol. The van der Waals surface area contributed by atoms with Gasteiger partial charge in [0.25, 0.3) is 10.0 Å². The van der Waals surface area contributed by atoms with E-state index in [1.807, 2.05) is 0 Å². The van der Waals surface area contributed by atoms with Gasteiger partial charge in [-0.25, -0.2) is 12.8 Å². The Morgan fingerprint density at radius 2 is 1.86 bits per heavy atom. The minimum Gasteiger partial charge on any atom is -0.398 e. The molecule has 0 radical (unpaired) electrons. The molecule has 2 rings (SSSR count). The van der Waals surface area contributed by atoms with E-state index in [2.05, 4.69) is 4.72 Å². The van der Waals surface area contributed by atoms with E-state index in [4.69, 9.17) is 28.9 Å². The molecule has 0 heterocycles. The van der Waals surface area contributed by atoms with Crippen molar-refractivity contribution in [3.63, 3.8) is 0 Å². The average Bonchev–Trinajstić information content (AvgIpc) is 2.37. The summed E-state index contributed by atoms with van der Waals surface area (Å²) >= 11 is 11.6. The number of nitrogens with one attached hydrogen (secondary N) is 1. The second-order valence-electron chi connectivity index (χ2n) is 4.37. The lowest BCUT2D eigenvalue weighted by molar-refractivity contribution is 0.570. The van der Waals surface area contributed by atoms with E-state index >= 15 is 0 Å². The number of benzene rings is 2. The number of hydrogen-bond acceptors (Lipinski definition) is 3. The van der Waals surface area contributed by atoms with Crippen LogP contribution < -0.4 is 10.5 Å². The summed E-state index contributed by atoms with van der Waals surface area (Å²) in [7, 11) is -4.15. The van der Waals surface area contributed by atoms with Gasteiger partial charge in [-0.15, -0.1) is 0 Å². The van der Waals surface area contributed by atoms with Gasteiger partial charge in [0.15, 0.2) is 0 Å². The Labute approximate surface area is 131 Å². The Hall–Kier alpha value is -1.50. The fourth-order valence-electron chi connectivity index (χ4n) is 1.65. The van der Waals surface area contributed by atoms with Gasteiger partial charge in [0.05, 0.1) is 10.7 Å². The zero-order chi connectivity index (χ0) is 15.8. The number of halogens is 3. The van der Waals surface area contributed by atoms with E-state index < -0.39 is 20.7 Å². The first-order valence-electron chi connectivity index (χ1n) is 5.74. The molecule has 112 valence electrons. The summed E-state index contributed by atoms with van der Waals surface area (Å²) in [5, 5.41) is 0.459. The smallest absolute Gasteiger partial charge is 0.264 e. The minimum absolute atomic E-state index is 0.0969. The largest absolute Gasteiger partial charge is 0.398 e. The van der Waals surface area contributed by atoms with E-state index in [9.17, 15) is 12.8 Å². The van der Waals surface area contributed by atoms with Crippen LogP contribution >= 0.6 is 23.2 Å². The molecule has 2 aromatic carbocycles. The molecule has 0 aliphatic heterocycles. The third-order valence-electron chi connectivity index (χ3n) is 2.79. The molecule has 2 aromatic rings. The number of sulfonamides is 1. The predicted molar refractivity (Wildman–Crippen MR) is 82.8 cm³/mol. The highest BCUT2D eigenvalue weighted by atomic mass is 35.5. The summed E-state index contributed by atoms with van der Waals surface area (Å²) < 4.78 is 40.5. The number of anilines is 2. The lowest BCUT2D eigenvalue weighted by Crippen LogP contribution is -2.15. The molecule has 0 saturated heterocycles. The summed E-state index contributed by atoms with van der Waals surface area (Å²) in [6.45, 7) is 1.58. The molecule has 0 atom stereocenters. The van der Waals surface area contributed by atoms with Gasteiger partial charge in [0.1, 0.15) is 10.7 Å². The molecule has 0 fully saturated rings. The molecule has 0 aliphatic rings. The van der Waals surface area contributed by atoms with Crippen molar-refractivity contribution in [3.05, 3.63) is 51.8 Å². The molecule has 3 N–H and O–H groups in total. The summed E-state index contributed by atoms with van der Waals surface area (Å²) in [5.41, 5.74) is 6.36. The van der Waals surface area contributed by atoms with Crippen molar-refractivity contribution < 1.29 is 12.8 Å². The molecule has 0 saturated carbocycles. The Balaban J connectivity index is 2.46. The number of nitrogen functional groups attached to an aromatic ring is 1. The summed E-state index contributed by atoms with van der Waals surface area (Å²) in [5.74, 6) is -0.890. The van der Waals surface area contributed by atoms with Crippen LogP contribution in [0.1, 0.15) is 5.56 Å². The van der Waals surface area contributed by atoms with Crippen LogP contribution in [0.3, 0.4) is 0 Å². The first-order chi connectivity index (χ1) is 9.70. The Morgan fingerprint density at radius 1 is 1.19 bits per heavy atom. The minimum atomic E-state index is -4.15. The van der Waals surface area contributed by atoms with E-state index in [1.165, 1.54) is 18.2 Å². The maximum Gasteiger partial charge on any atom is 0.264 e. The van der Waals surface area contributed by atoms with Crippen LogP contribution in [-0.2, 0) is 10.0 Å². The zero-order valence-electron chi connectivity index (χ0n) is 10.8. The van der Waals surface area contributed by atoms with Crippen molar-refractivity contribution in [3.8, 4) is 0 Å². The van der Waals surface area contributed by atoms with Crippen molar-refractivity contribution in [2.75, 3.05) is 10.5 Å². The van der Waals surface area contributed by atoms with E-state index in [0.29, 0.717) is 10.6 Å². The van der Waals surface area contributed by atoms with Crippen molar-refractivity contribution in [2.45, 2.75) is 11.8 Å². The zero-order valence-corrected chi connectivity index (χ0v) is 13.2. The Bertz CT molecular complexity index is 810. The number of rotatable bonds is 3. The van der Waals surface area contributed by atoms with Crippen LogP contribution in [0.25, 0.3) is 0 Å². The van der Waals surface area contributed by atoms with Gasteiger partial charge in [-0.1, -0.05) is 23.2 Å². The molecule has 0 aliphatic carbocycles. The highest BCUT2D eigenvalue weighted by Crippen LogP contribution is 2.29. The van der Waals surface area contributed by atoms with Gasteiger partial charge in [-0.3, -0.25) is 4.72 Å². The lowest BCUT2D eigenvalue weighted by Gasteiger charge is -2.12. The van der Waals surface area contributed by atoms with Crippen LogP contribution in [0.5, 0.6) is 0 Å². The van der Waals surface area contributed by atoms with Crippen molar-refractivity contribution in [1.29, 1.82) is 0 Å². The van der Waals surface area contributed by atoms with Crippen LogP contribution in [0, 0.1) is 12.7 Å². The lowest BCUT2D eigenvalue weighted by atomic mass is 10.2. The average molecular weight is 349 g/mol. The van der Waals surface area contributed by atoms with Crippen LogP contribution in [0.4, 0.5) is 15.8 Å².